The number of benzene rings is 1. The van der Waals surface area contributed by atoms with Gasteiger partial charge < -0.3 is 15.8 Å². The van der Waals surface area contributed by atoms with Gasteiger partial charge in [0.25, 0.3) is 0 Å². The SMILES string of the molecule is C=C(C)COCCNC(CN)c1cccc(Cl)c1F. The zero-order valence-corrected chi connectivity index (χ0v) is 11.8. The van der Waals surface area contributed by atoms with Crippen LogP contribution in [0.5, 0.6) is 0 Å². The van der Waals surface area contributed by atoms with E-state index in [1.165, 1.54) is 6.07 Å². The smallest absolute Gasteiger partial charge is 0.146 e. The van der Waals surface area contributed by atoms with Crippen LogP contribution in [-0.4, -0.2) is 26.3 Å². The number of halogens is 2. The van der Waals surface area contributed by atoms with E-state index in [0.717, 1.165) is 5.57 Å². The summed E-state index contributed by atoms with van der Waals surface area (Å²) in [6, 6.07) is 4.64. The second-order valence-corrected chi connectivity index (χ2v) is 4.80. The minimum Gasteiger partial charge on any atom is -0.376 e. The molecule has 0 aliphatic carbocycles. The average molecular weight is 287 g/mol. The van der Waals surface area contributed by atoms with E-state index < -0.39 is 5.82 Å². The minimum absolute atomic E-state index is 0.108. The summed E-state index contributed by atoms with van der Waals surface area (Å²) in [6.45, 7) is 7.57. The van der Waals surface area contributed by atoms with Gasteiger partial charge in [-0.3, -0.25) is 0 Å². The van der Waals surface area contributed by atoms with Crippen LogP contribution < -0.4 is 11.1 Å². The lowest BCUT2D eigenvalue weighted by Crippen LogP contribution is -2.31. The van der Waals surface area contributed by atoms with Crippen molar-refractivity contribution in [3.63, 3.8) is 0 Å². The summed E-state index contributed by atoms with van der Waals surface area (Å²) in [5.41, 5.74) is 7.11. The van der Waals surface area contributed by atoms with Crippen molar-refractivity contribution in [3.05, 3.63) is 46.8 Å². The van der Waals surface area contributed by atoms with Crippen LogP contribution in [0, 0.1) is 5.82 Å². The highest BCUT2D eigenvalue weighted by atomic mass is 35.5. The molecular formula is C14H20ClFN2O. The van der Waals surface area contributed by atoms with Gasteiger partial charge in [0.1, 0.15) is 5.82 Å². The molecule has 106 valence electrons. The number of nitrogens with one attached hydrogen (secondary N) is 1. The summed E-state index contributed by atoms with van der Waals surface area (Å²) in [7, 11) is 0. The van der Waals surface area contributed by atoms with Crippen LogP contribution in [0.4, 0.5) is 4.39 Å². The molecule has 1 unspecified atom stereocenters. The molecule has 3 N–H and O–H groups in total. The molecule has 0 aliphatic rings. The Morgan fingerprint density at radius 3 is 2.95 bits per heavy atom. The molecule has 0 heterocycles. The van der Waals surface area contributed by atoms with Crippen molar-refractivity contribution in [1.82, 2.24) is 5.32 Å². The van der Waals surface area contributed by atoms with Crippen LogP contribution in [0.25, 0.3) is 0 Å². The maximum atomic E-state index is 13.8. The quantitative estimate of drug-likeness (QED) is 0.570. The summed E-state index contributed by atoms with van der Waals surface area (Å²) in [4.78, 5) is 0. The average Bonchev–Trinajstić information content (AvgIpc) is 2.37. The Kier molecular flexibility index (Phi) is 7.02. The molecule has 1 aromatic rings. The van der Waals surface area contributed by atoms with Crippen molar-refractivity contribution in [3.8, 4) is 0 Å². The number of rotatable bonds is 8. The third-order valence-corrected chi connectivity index (χ3v) is 2.87. The summed E-state index contributed by atoms with van der Waals surface area (Å²) in [5, 5.41) is 3.26. The molecule has 0 fully saturated rings. The van der Waals surface area contributed by atoms with Gasteiger partial charge in [0, 0.05) is 24.7 Å². The molecule has 0 spiro atoms. The molecule has 0 saturated carbocycles. The topological polar surface area (TPSA) is 47.3 Å². The first-order valence-corrected chi connectivity index (χ1v) is 6.53. The van der Waals surface area contributed by atoms with Crippen molar-refractivity contribution in [1.29, 1.82) is 0 Å². The zero-order chi connectivity index (χ0) is 14.3. The molecule has 5 heteroatoms. The zero-order valence-electron chi connectivity index (χ0n) is 11.1. The molecule has 0 amide bonds. The molecule has 1 atom stereocenters. The molecule has 1 rings (SSSR count). The summed E-state index contributed by atoms with van der Waals surface area (Å²) in [5.74, 6) is -0.421. The molecule has 0 radical (unpaired) electrons. The molecule has 0 aromatic heterocycles. The number of ether oxygens (including phenoxy) is 1. The predicted octanol–water partition coefficient (Wildman–Crippen LogP) is 2.66. The Labute approximate surface area is 118 Å². The second kappa shape index (κ2) is 8.27. The minimum atomic E-state index is -0.421. The van der Waals surface area contributed by atoms with Crippen LogP contribution in [0.15, 0.2) is 30.4 Å². The Balaban J connectivity index is 2.49. The van der Waals surface area contributed by atoms with Crippen LogP contribution in [0.3, 0.4) is 0 Å². The van der Waals surface area contributed by atoms with E-state index in [0.29, 0.717) is 25.3 Å². The van der Waals surface area contributed by atoms with Crippen molar-refractivity contribution in [2.24, 2.45) is 5.73 Å². The summed E-state index contributed by atoms with van der Waals surface area (Å²) in [6.07, 6.45) is 0. The van der Waals surface area contributed by atoms with E-state index >= 15 is 0 Å². The number of hydrogen-bond acceptors (Lipinski definition) is 3. The van der Waals surface area contributed by atoms with E-state index in [4.69, 9.17) is 22.1 Å². The maximum Gasteiger partial charge on any atom is 0.146 e. The van der Waals surface area contributed by atoms with Gasteiger partial charge in [-0.1, -0.05) is 35.9 Å². The second-order valence-electron chi connectivity index (χ2n) is 4.40. The van der Waals surface area contributed by atoms with Crippen molar-refractivity contribution >= 4 is 11.6 Å². The monoisotopic (exact) mass is 286 g/mol. The standard InChI is InChI=1S/C14H20ClFN2O/c1-10(2)9-19-7-6-18-13(8-17)11-4-3-5-12(15)14(11)16/h3-5,13,18H,1,6-9,17H2,2H3. The molecule has 0 saturated heterocycles. The molecule has 3 nitrogen and oxygen atoms in total. The van der Waals surface area contributed by atoms with Crippen molar-refractivity contribution in [2.45, 2.75) is 13.0 Å². The first kappa shape index (κ1) is 16.1. The number of hydrogen-bond donors (Lipinski definition) is 2. The molecule has 19 heavy (non-hydrogen) atoms. The molecule has 0 aliphatic heterocycles. The fraction of sp³-hybridized carbons (Fsp3) is 0.429. The fourth-order valence-corrected chi connectivity index (χ4v) is 1.84. The summed E-state index contributed by atoms with van der Waals surface area (Å²) < 4.78 is 19.2. The van der Waals surface area contributed by atoms with Gasteiger partial charge >= 0.3 is 0 Å². The van der Waals surface area contributed by atoms with Crippen molar-refractivity contribution in [2.75, 3.05) is 26.3 Å². The third-order valence-electron chi connectivity index (χ3n) is 2.58. The molecule has 0 bridgehead atoms. The van der Waals surface area contributed by atoms with Crippen LogP contribution in [0.1, 0.15) is 18.5 Å². The highest BCUT2D eigenvalue weighted by Gasteiger charge is 2.15. The van der Waals surface area contributed by atoms with E-state index in [-0.39, 0.29) is 17.6 Å². The maximum absolute atomic E-state index is 13.8. The Morgan fingerprint density at radius 1 is 1.58 bits per heavy atom. The van der Waals surface area contributed by atoms with Gasteiger partial charge in [-0.25, -0.2) is 4.39 Å². The largest absolute Gasteiger partial charge is 0.376 e. The van der Waals surface area contributed by atoms with Gasteiger partial charge in [-0.15, -0.1) is 0 Å². The van der Waals surface area contributed by atoms with E-state index in [1.54, 1.807) is 12.1 Å². The lowest BCUT2D eigenvalue weighted by Gasteiger charge is -2.18. The van der Waals surface area contributed by atoms with Gasteiger partial charge in [-0.2, -0.15) is 0 Å². The number of nitrogens with two attached hydrogens (primary N) is 1. The lowest BCUT2D eigenvalue weighted by molar-refractivity contribution is 0.155. The lowest BCUT2D eigenvalue weighted by atomic mass is 10.1. The Bertz CT molecular complexity index is 426. The Morgan fingerprint density at radius 2 is 2.32 bits per heavy atom. The normalized spacial score (nSPS) is 12.4. The first-order chi connectivity index (χ1) is 9.06. The highest BCUT2D eigenvalue weighted by molar-refractivity contribution is 6.30. The van der Waals surface area contributed by atoms with E-state index in [2.05, 4.69) is 11.9 Å². The van der Waals surface area contributed by atoms with Gasteiger partial charge in [-0.05, 0) is 13.0 Å². The van der Waals surface area contributed by atoms with Gasteiger partial charge in [0.05, 0.1) is 18.2 Å². The highest BCUT2D eigenvalue weighted by Crippen LogP contribution is 2.22. The molecule has 1 aromatic carbocycles. The van der Waals surface area contributed by atoms with Crippen molar-refractivity contribution < 1.29 is 9.13 Å². The predicted molar refractivity (Wildman–Crippen MR) is 76.8 cm³/mol. The Hall–Kier alpha value is -0.940. The van der Waals surface area contributed by atoms with E-state index in [1.807, 2.05) is 6.92 Å². The fourth-order valence-electron chi connectivity index (χ4n) is 1.66. The van der Waals surface area contributed by atoms with Gasteiger partial charge in [0.2, 0.25) is 0 Å². The first-order valence-electron chi connectivity index (χ1n) is 6.15. The van der Waals surface area contributed by atoms with Gasteiger partial charge in [0.15, 0.2) is 0 Å². The van der Waals surface area contributed by atoms with Crippen LogP contribution in [0.2, 0.25) is 5.02 Å². The van der Waals surface area contributed by atoms with Crippen LogP contribution >= 0.6 is 11.6 Å². The van der Waals surface area contributed by atoms with E-state index in [9.17, 15) is 4.39 Å². The summed E-state index contributed by atoms with van der Waals surface area (Å²) >= 11 is 5.76. The molecular weight excluding hydrogens is 267 g/mol. The third kappa shape index (κ3) is 5.28. The van der Waals surface area contributed by atoms with Crippen LogP contribution in [-0.2, 0) is 4.74 Å².